The van der Waals surface area contributed by atoms with Gasteiger partial charge in [-0.05, 0) is 49.9 Å². The van der Waals surface area contributed by atoms with E-state index in [0.717, 1.165) is 43.3 Å². The molecule has 1 amide bonds. The number of amides is 1. The Kier molecular flexibility index (Phi) is 11.4. The van der Waals surface area contributed by atoms with E-state index in [-0.39, 0.29) is 35.3 Å². The van der Waals surface area contributed by atoms with E-state index in [1.807, 2.05) is 43.0 Å². The van der Waals surface area contributed by atoms with Crippen LogP contribution in [-0.2, 0) is 12.0 Å². The number of hydrogen-bond donors (Lipinski definition) is 2. The van der Waals surface area contributed by atoms with Gasteiger partial charge in [0, 0.05) is 42.0 Å². The van der Waals surface area contributed by atoms with E-state index < -0.39 is 0 Å². The summed E-state index contributed by atoms with van der Waals surface area (Å²) < 4.78 is 0. The van der Waals surface area contributed by atoms with Crippen LogP contribution < -0.4 is 10.6 Å². The average Bonchev–Trinajstić information content (AvgIpc) is 3.27. The van der Waals surface area contributed by atoms with Crippen LogP contribution in [0.15, 0.2) is 46.8 Å². The van der Waals surface area contributed by atoms with Crippen LogP contribution in [0.2, 0.25) is 0 Å². The van der Waals surface area contributed by atoms with Crippen LogP contribution in [0.5, 0.6) is 0 Å². The molecule has 0 aliphatic carbocycles. The molecule has 2 aromatic rings. The fraction of sp³-hybridized carbons (Fsp3) is 0.478. The highest BCUT2D eigenvalue weighted by Crippen LogP contribution is 2.26. The van der Waals surface area contributed by atoms with Gasteiger partial charge < -0.3 is 15.5 Å². The molecule has 0 spiro atoms. The first-order valence-electron chi connectivity index (χ1n) is 10.4. The molecule has 0 fully saturated rings. The van der Waals surface area contributed by atoms with E-state index in [4.69, 9.17) is 4.99 Å². The summed E-state index contributed by atoms with van der Waals surface area (Å²) in [7, 11) is 0. The third-order valence-electron chi connectivity index (χ3n) is 4.90. The van der Waals surface area contributed by atoms with Crippen molar-refractivity contribution in [1.82, 2.24) is 15.5 Å². The molecule has 0 aliphatic heterocycles. The minimum atomic E-state index is 0. The van der Waals surface area contributed by atoms with Crippen molar-refractivity contribution >= 4 is 47.2 Å². The molecule has 0 aliphatic rings. The first kappa shape index (κ1) is 26.4. The van der Waals surface area contributed by atoms with Crippen LogP contribution in [0.3, 0.4) is 0 Å². The van der Waals surface area contributed by atoms with Crippen LogP contribution in [0.4, 0.5) is 0 Å². The van der Waals surface area contributed by atoms with E-state index in [2.05, 4.69) is 48.9 Å². The van der Waals surface area contributed by atoms with Crippen LogP contribution in [0, 0.1) is 0 Å². The number of carbonyl (C=O) groups excluding carboxylic acids is 1. The van der Waals surface area contributed by atoms with E-state index >= 15 is 0 Å². The number of carbonyl (C=O) groups is 1. The van der Waals surface area contributed by atoms with Gasteiger partial charge in [0.25, 0.3) is 5.91 Å². The zero-order valence-corrected chi connectivity index (χ0v) is 21.8. The molecule has 0 unspecified atom stereocenters. The highest BCUT2D eigenvalue weighted by molar-refractivity contribution is 14.0. The molecule has 5 nitrogen and oxygen atoms in total. The lowest BCUT2D eigenvalue weighted by atomic mass is 9.91. The normalized spacial score (nSPS) is 11.6. The van der Waals surface area contributed by atoms with Crippen LogP contribution >= 0.6 is 35.3 Å². The summed E-state index contributed by atoms with van der Waals surface area (Å²) in [6.45, 7) is 14.2. The lowest BCUT2D eigenvalue weighted by Gasteiger charge is -2.25. The molecule has 166 valence electrons. The molecule has 2 rings (SSSR count). The Bertz CT molecular complexity index is 784. The number of hydrogen-bond acceptors (Lipinski definition) is 3. The summed E-state index contributed by atoms with van der Waals surface area (Å²) in [4.78, 5) is 20.3. The molecule has 0 saturated heterocycles. The lowest BCUT2D eigenvalue weighted by molar-refractivity contribution is 0.0773. The minimum absolute atomic E-state index is 0. The van der Waals surface area contributed by atoms with Gasteiger partial charge in [0.1, 0.15) is 0 Å². The van der Waals surface area contributed by atoms with E-state index in [0.29, 0.717) is 6.54 Å². The Balaban J connectivity index is 0.00000450. The molecule has 1 heterocycles. The van der Waals surface area contributed by atoms with Crippen LogP contribution in [0.1, 0.15) is 55.4 Å². The van der Waals surface area contributed by atoms with Gasteiger partial charge in [-0.15, -0.1) is 35.3 Å². The predicted molar refractivity (Wildman–Crippen MR) is 139 cm³/mol. The maximum absolute atomic E-state index is 12.4. The molecule has 0 radical (unpaired) electrons. The number of rotatable bonds is 9. The summed E-state index contributed by atoms with van der Waals surface area (Å²) in [5, 5.41) is 8.89. The fourth-order valence-electron chi connectivity index (χ4n) is 3.01. The molecular formula is C23H35IN4OS. The van der Waals surface area contributed by atoms with E-state index in [1.165, 1.54) is 4.88 Å². The van der Waals surface area contributed by atoms with Gasteiger partial charge in [0.2, 0.25) is 0 Å². The minimum Gasteiger partial charge on any atom is -0.357 e. The largest absolute Gasteiger partial charge is 0.357 e. The Hall–Kier alpha value is -1.61. The third-order valence-corrected chi connectivity index (χ3v) is 6.14. The van der Waals surface area contributed by atoms with Crippen molar-refractivity contribution in [3.05, 3.63) is 57.8 Å². The van der Waals surface area contributed by atoms with Crippen molar-refractivity contribution in [2.75, 3.05) is 26.2 Å². The Labute approximate surface area is 202 Å². The van der Waals surface area contributed by atoms with Crippen molar-refractivity contribution in [3.8, 4) is 0 Å². The summed E-state index contributed by atoms with van der Waals surface area (Å²) in [6, 6.07) is 12.0. The number of halogens is 1. The van der Waals surface area contributed by atoms with Crippen molar-refractivity contribution < 1.29 is 4.79 Å². The Morgan fingerprint density at radius 2 is 1.73 bits per heavy atom. The van der Waals surface area contributed by atoms with Crippen LogP contribution in [-0.4, -0.2) is 42.9 Å². The van der Waals surface area contributed by atoms with Gasteiger partial charge in [-0.1, -0.05) is 32.0 Å². The molecule has 0 atom stereocenters. The molecule has 0 bridgehead atoms. The molecule has 7 heteroatoms. The second-order valence-electron chi connectivity index (χ2n) is 7.58. The lowest BCUT2D eigenvalue weighted by Crippen LogP contribution is -2.43. The van der Waals surface area contributed by atoms with Crippen LogP contribution in [0.25, 0.3) is 0 Å². The number of guanidine groups is 1. The van der Waals surface area contributed by atoms with Crippen molar-refractivity contribution in [2.45, 2.75) is 46.6 Å². The Morgan fingerprint density at radius 1 is 1.07 bits per heavy atom. The molecule has 1 aromatic carbocycles. The smallest absolute Gasteiger partial charge is 0.253 e. The maximum Gasteiger partial charge on any atom is 0.253 e. The summed E-state index contributed by atoms with van der Waals surface area (Å²) in [5.74, 6) is 0.885. The molecule has 0 saturated carbocycles. The van der Waals surface area contributed by atoms with Crippen molar-refractivity contribution in [2.24, 2.45) is 4.99 Å². The number of nitrogens with zero attached hydrogens (tertiary/aromatic N) is 2. The Morgan fingerprint density at radius 3 is 2.27 bits per heavy atom. The topological polar surface area (TPSA) is 56.7 Å². The van der Waals surface area contributed by atoms with Crippen molar-refractivity contribution in [3.63, 3.8) is 0 Å². The molecular weight excluding hydrogens is 507 g/mol. The summed E-state index contributed by atoms with van der Waals surface area (Å²) in [6.07, 6.45) is 0. The first-order valence-corrected chi connectivity index (χ1v) is 11.2. The number of aliphatic imine (C=N–C) groups is 1. The standard InChI is InChI=1S/C23H34N4OS.HI/c1-6-24-22(26-17-23(4,5)20-10-9-15-29-20)25-16-18-11-13-19(14-12-18)21(28)27(7-2)8-3;/h9-15H,6-8,16-17H2,1-5H3,(H2,24,25,26);1H. The monoisotopic (exact) mass is 542 g/mol. The fourth-order valence-corrected chi connectivity index (χ4v) is 3.87. The summed E-state index contributed by atoms with van der Waals surface area (Å²) in [5.41, 5.74) is 1.84. The number of benzene rings is 1. The quantitative estimate of drug-likeness (QED) is 0.270. The summed E-state index contributed by atoms with van der Waals surface area (Å²) >= 11 is 1.78. The predicted octanol–water partition coefficient (Wildman–Crippen LogP) is 4.88. The van der Waals surface area contributed by atoms with Gasteiger partial charge >= 0.3 is 0 Å². The van der Waals surface area contributed by atoms with E-state index in [1.54, 1.807) is 11.3 Å². The molecule has 30 heavy (non-hydrogen) atoms. The van der Waals surface area contributed by atoms with Gasteiger partial charge in [-0.3, -0.25) is 4.79 Å². The SMILES string of the molecule is CCNC(=NCc1ccc(C(=O)N(CC)CC)cc1)NCC(C)(C)c1cccs1.I. The van der Waals surface area contributed by atoms with E-state index in [9.17, 15) is 4.79 Å². The van der Waals surface area contributed by atoms with Gasteiger partial charge in [-0.25, -0.2) is 4.99 Å². The van der Waals surface area contributed by atoms with Gasteiger partial charge in [0.15, 0.2) is 5.96 Å². The number of thiophene rings is 1. The van der Waals surface area contributed by atoms with Crippen molar-refractivity contribution in [1.29, 1.82) is 0 Å². The molecule has 2 N–H and O–H groups in total. The van der Waals surface area contributed by atoms with Gasteiger partial charge in [-0.2, -0.15) is 0 Å². The second kappa shape index (κ2) is 12.9. The number of nitrogens with one attached hydrogen (secondary N) is 2. The third kappa shape index (κ3) is 7.58. The zero-order valence-electron chi connectivity index (χ0n) is 18.7. The highest BCUT2D eigenvalue weighted by Gasteiger charge is 2.21. The maximum atomic E-state index is 12.4. The molecule has 1 aromatic heterocycles. The first-order chi connectivity index (χ1) is 13.9. The highest BCUT2D eigenvalue weighted by atomic mass is 127. The zero-order chi connectivity index (χ0) is 21.3. The van der Waals surface area contributed by atoms with Gasteiger partial charge in [0.05, 0.1) is 6.54 Å². The second-order valence-corrected chi connectivity index (χ2v) is 8.53. The average molecular weight is 543 g/mol.